The highest BCUT2D eigenvalue weighted by molar-refractivity contribution is 5.86. The summed E-state index contributed by atoms with van der Waals surface area (Å²) in [6.45, 7) is -5.07. The number of hydrogen-bond donors (Lipinski definition) is 1. The Morgan fingerprint density at radius 1 is 1.00 bits per heavy atom. The lowest BCUT2D eigenvalue weighted by molar-refractivity contribution is -0.647. The van der Waals surface area contributed by atoms with Gasteiger partial charge in [0.1, 0.15) is 5.71 Å². The smallest absolute Gasteiger partial charge is 0.411 e. The predicted molar refractivity (Wildman–Crippen MR) is 54.7 cm³/mol. The van der Waals surface area contributed by atoms with Crippen molar-refractivity contribution >= 4 is 5.71 Å². The van der Waals surface area contributed by atoms with Gasteiger partial charge in [-0.2, -0.15) is 0 Å². The SMILES string of the molecule is O=[N+]([O-])C(F)(F)COCC(COCC(F)(F)[N+](=O)[O-])=NO. The molecule has 0 aliphatic heterocycles. The molecule has 14 heteroatoms. The molecule has 0 aliphatic carbocycles. The number of nitro groups is 2. The van der Waals surface area contributed by atoms with Crippen LogP contribution in [-0.2, 0) is 9.47 Å². The lowest BCUT2D eigenvalue weighted by Gasteiger charge is -2.10. The summed E-state index contributed by atoms with van der Waals surface area (Å²) in [5.41, 5.74) is -0.576. The molecule has 0 amide bonds. The molecule has 0 saturated heterocycles. The fraction of sp³-hybridized carbons (Fsp3) is 0.857. The summed E-state index contributed by atoms with van der Waals surface area (Å²) in [6, 6.07) is -8.75. The van der Waals surface area contributed by atoms with E-state index in [1.54, 1.807) is 0 Å². The van der Waals surface area contributed by atoms with Gasteiger partial charge >= 0.3 is 12.1 Å². The topological polar surface area (TPSA) is 137 Å². The number of alkyl halides is 4. The van der Waals surface area contributed by atoms with Gasteiger partial charge in [0.15, 0.2) is 13.2 Å². The van der Waals surface area contributed by atoms with Crippen LogP contribution in [0, 0.1) is 20.2 Å². The third kappa shape index (κ3) is 6.75. The number of rotatable bonds is 10. The highest BCUT2D eigenvalue weighted by Crippen LogP contribution is 2.15. The molecule has 0 aromatic rings. The molecule has 0 radical (unpaired) electrons. The lowest BCUT2D eigenvalue weighted by atomic mass is 10.4. The fourth-order valence-electron chi connectivity index (χ4n) is 0.788. The lowest BCUT2D eigenvalue weighted by Crippen LogP contribution is -2.35. The van der Waals surface area contributed by atoms with Gasteiger partial charge in [-0.05, 0) is 0 Å². The number of ether oxygens (including phenoxy) is 2. The number of nitrogens with zero attached hydrogens (tertiary/aromatic N) is 3. The van der Waals surface area contributed by atoms with E-state index in [1.165, 1.54) is 0 Å². The maximum Gasteiger partial charge on any atom is 0.534 e. The molecule has 1 N–H and O–H groups in total. The molecule has 10 nitrogen and oxygen atoms in total. The van der Waals surface area contributed by atoms with E-state index in [1.807, 2.05) is 0 Å². The van der Waals surface area contributed by atoms with E-state index in [2.05, 4.69) is 14.6 Å². The molecule has 122 valence electrons. The van der Waals surface area contributed by atoms with Crippen LogP contribution >= 0.6 is 0 Å². The van der Waals surface area contributed by atoms with Crippen LogP contribution in [-0.4, -0.2) is 59.3 Å². The zero-order valence-electron chi connectivity index (χ0n) is 10.1. The molecule has 21 heavy (non-hydrogen) atoms. The van der Waals surface area contributed by atoms with Gasteiger partial charge in [0, 0.05) is 0 Å². The van der Waals surface area contributed by atoms with Crippen molar-refractivity contribution in [3.05, 3.63) is 20.2 Å². The van der Waals surface area contributed by atoms with Gasteiger partial charge in [0.2, 0.25) is 0 Å². The quantitative estimate of drug-likeness (QED) is 0.155. The van der Waals surface area contributed by atoms with Crippen molar-refractivity contribution in [3.63, 3.8) is 0 Å². The Morgan fingerprint density at radius 3 is 1.57 bits per heavy atom. The standard InChI is InChI=1S/C7H9F4N3O7/c8-6(9,13(16)17)3-20-1-5(12-15)2-21-4-7(10,11)14(18)19/h15H,1-4H2. The summed E-state index contributed by atoms with van der Waals surface area (Å²) in [6.07, 6.45) is 0. The van der Waals surface area contributed by atoms with Crippen molar-refractivity contribution in [1.82, 2.24) is 0 Å². The van der Waals surface area contributed by atoms with Crippen LogP contribution in [0.1, 0.15) is 0 Å². The van der Waals surface area contributed by atoms with Crippen molar-refractivity contribution in [2.24, 2.45) is 5.16 Å². The molecule has 0 rings (SSSR count). The second-order valence-electron chi connectivity index (χ2n) is 3.50. The molecule has 0 aromatic heterocycles. The van der Waals surface area contributed by atoms with Crippen LogP contribution in [0.25, 0.3) is 0 Å². The van der Waals surface area contributed by atoms with Gasteiger partial charge < -0.3 is 14.7 Å². The Hall–Kier alpha value is -2.09. The van der Waals surface area contributed by atoms with Crippen LogP contribution in [0.15, 0.2) is 5.16 Å². The van der Waals surface area contributed by atoms with Gasteiger partial charge in [-0.15, -0.1) is 17.6 Å². The minimum atomic E-state index is -4.37. The summed E-state index contributed by atoms with van der Waals surface area (Å²) in [5.74, 6) is 0. The zero-order chi connectivity index (χ0) is 16.7. The number of halogens is 4. The summed E-state index contributed by atoms with van der Waals surface area (Å²) in [4.78, 5) is 15.9. The average molecular weight is 323 g/mol. The molecular weight excluding hydrogens is 314 g/mol. The molecule has 0 aromatic carbocycles. The molecule has 0 atom stereocenters. The maximum atomic E-state index is 12.5. The summed E-state index contributed by atoms with van der Waals surface area (Å²) >= 11 is 0. The van der Waals surface area contributed by atoms with E-state index in [-0.39, 0.29) is 0 Å². The molecule has 0 bridgehead atoms. The van der Waals surface area contributed by atoms with E-state index in [9.17, 15) is 37.8 Å². The van der Waals surface area contributed by atoms with E-state index in [4.69, 9.17) is 5.21 Å². The van der Waals surface area contributed by atoms with Crippen LogP contribution < -0.4 is 0 Å². The molecule has 0 unspecified atom stereocenters. The van der Waals surface area contributed by atoms with Crippen LogP contribution in [0.5, 0.6) is 0 Å². The minimum Gasteiger partial charge on any atom is -0.411 e. The summed E-state index contributed by atoms with van der Waals surface area (Å²) in [7, 11) is 0. The first-order chi connectivity index (χ1) is 9.53. The van der Waals surface area contributed by atoms with Gasteiger partial charge in [-0.3, -0.25) is 20.2 Å². The van der Waals surface area contributed by atoms with Crippen molar-refractivity contribution in [3.8, 4) is 0 Å². The monoisotopic (exact) mass is 323 g/mol. The molecule has 0 spiro atoms. The number of oxime groups is 1. The zero-order valence-corrected chi connectivity index (χ0v) is 10.1. The molecular formula is C7H9F4N3O7. The summed E-state index contributed by atoms with van der Waals surface area (Å²) in [5, 5.41) is 30.5. The van der Waals surface area contributed by atoms with Crippen molar-refractivity contribution in [1.29, 1.82) is 0 Å². The molecule has 0 heterocycles. The Kier molecular flexibility index (Phi) is 6.87. The highest BCUT2D eigenvalue weighted by atomic mass is 19.3. The first kappa shape index (κ1) is 18.9. The Bertz CT molecular complexity index is 383. The van der Waals surface area contributed by atoms with Crippen molar-refractivity contribution in [2.75, 3.05) is 26.4 Å². The normalized spacial score (nSPS) is 12.0. The molecule has 0 aliphatic rings. The average Bonchev–Trinajstić information content (AvgIpc) is 2.36. The van der Waals surface area contributed by atoms with Crippen molar-refractivity contribution < 1.29 is 42.1 Å². The number of hydrogen-bond acceptors (Lipinski definition) is 8. The second-order valence-corrected chi connectivity index (χ2v) is 3.50. The van der Waals surface area contributed by atoms with E-state index < -0.39 is 54.1 Å². The molecule has 0 fully saturated rings. The van der Waals surface area contributed by atoms with E-state index in [0.717, 1.165) is 0 Å². The minimum absolute atomic E-state index is 0.576. The molecule has 0 saturated carbocycles. The first-order valence-corrected chi connectivity index (χ1v) is 4.93. The van der Waals surface area contributed by atoms with E-state index in [0.29, 0.717) is 0 Å². The first-order valence-electron chi connectivity index (χ1n) is 4.93. The van der Waals surface area contributed by atoms with Crippen molar-refractivity contribution in [2.45, 2.75) is 12.1 Å². The Morgan fingerprint density at radius 2 is 1.33 bits per heavy atom. The van der Waals surface area contributed by atoms with Gasteiger partial charge in [-0.1, -0.05) is 5.16 Å². The predicted octanol–water partition coefficient (Wildman–Crippen LogP) is 0.589. The Balaban J connectivity index is 4.15. The largest absolute Gasteiger partial charge is 0.534 e. The fourth-order valence-corrected chi connectivity index (χ4v) is 0.788. The third-order valence-corrected chi connectivity index (χ3v) is 1.76. The maximum absolute atomic E-state index is 12.5. The Labute approximate surface area is 113 Å². The highest BCUT2D eigenvalue weighted by Gasteiger charge is 2.45. The summed E-state index contributed by atoms with van der Waals surface area (Å²) < 4.78 is 58.2. The second kappa shape index (κ2) is 7.63. The van der Waals surface area contributed by atoms with Crippen LogP contribution in [0.3, 0.4) is 0 Å². The van der Waals surface area contributed by atoms with Gasteiger partial charge in [-0.25, -0.2) is 0 Å². The van der Waals surface area contributed by atoms with Crippen LogP contribution in [0.2, 0.25) is 0 Å². The van der Waals surface area contributed by atoms with E-state index >= 15 is 0 Å². The van der Waals surface area contributed by atoms with Gasteiger partial charge in [0.25, 0.3) is 0 Å². The van der Waals surface area contributed by atoms with Gasteiger partial charge in [0.05, 0.1) is 23.1 Å². The third-order valence-electron chi connectivity index (χ3n) is 1.76. The van der Waals surface area contributed by atoms with Crippen LogP contribution in [0.4, 0.5) is 17.6 Å².